The summed E-state index contributed by atoms with van der Waals surface area (Å²) >= 11 is 0. The van der Waals surface area contributed by atoms with E-state index in [1.807, 2.05) is 0 Å². The Labute approximate surface area is 168 Å². The molecule has 1 aliphatic rings. The number of nitrogens with zero attached hydrogens (tertiary/aromatic N) is 1. The molecule has 2 aromatic rings. The fourth-order valence-electron chi connectivity index (χ4n) is 3.50. The Morgan fingerprint density at radius 3 is 2.41 bits per heavy atom. The minimum atomic E-state index is -4.35. The summed E-state index contributed by atoms with van der Waals surface area (Å²) < 4.78 is 38.2. The van der Waals surface area contributed by atoms with E-state index >= 15 is 0 Å². The molecule has 7 heteroatoms. The minimum absolute atomic E-state index is 0.105. The lowest BCUT2D eigenvalue weighted by Gasteiger charge is -2.31. The van der Waals surface area contributed by atoms with Crippen LogP contribution in [0, 0.1) is 5.92 Å². The number of guanidine groups is 1. The molecule has 3 N–H and O–H groups in total. The quantitative estimate of drug-likeness (QED) is 0.355. The van der Waals surface area contributed by atoms with Crippen LogP contribution >= 0.6 is 0 Å². The molecule has 4 nitrogen and oxygen atoms in total. The molecule has 0 bridgehead atoms. The van der Waals surface area contributed by atoms with Crippen LogP contribution in [0.5, 0.6) is 5.75 Å². The maximum absolute atomic E-state index is 12.7. The third-order valence-electron chi connectivity index (χ3n) is 5.29. The fourth-order valence-corrected chi connectivity index (χ4v) is 3.50. The van der Waals surface area contributed by atoms with Crippen LogP contribution in [0.4, 0.5) is 18.9 Å². The van der Waals surface area contributed by atoms with Gasteiger partial charge < -0.3 is 15.7 Å². The first kappa shape index (κ1) is 21.0. The zero-order valence-corrected chi connectivity index (χ0v) is 16.3. The van der Waals surface area contributed by atoms with Gasteiger partial charge in [0.2, 0.25) is 0 Å². The number of para-hydroxylation sites is 2. The van der Waals surface area contributed by atoms with Crippen LogP contribution in [0.2, 0.25) is 0 Å². The largest absolute Gasteiger partial charge is 0.506 e. The number of aliphatic imine (C=N–C) groups is 1. The van der Waals surface area contributed by atoms with Crippen LogP contribution in [-0.4, -0.2) is 17.1 Å². The molecule has 2 atom stereocenters. The molecule has 0 radical (unpaired) electrons. The summed E-state index contributed by atoms with van der Waals surface area (Å²) in [6, 6.07) is 12.1. The Bertz CT molecular complexity index is 834. The Morgan fingerprint density at radius 2 is 1.76 bits per heavy atom. The second-order valence-corrected chi connectivity index (χ2v) is 7.51. The minimum Gasteiger partial charge on any atom is -0.506 e. The van der Waals surface area contributed by atoms with Gasteiger partial charge in [-0.05, 0) is 48.6 Å². The van der Waals surface area contributed by atoms with Crippen molar-refractivity contribution in [3.8, 4) is 5.75 Å². The van der Waals surface area contributed by atoms with Crippen molar-refractivity contribution in [2.75, 3.05) is 5.32 Å². The van der Waals surface area contributed by atoms with Gasteiger partial charge in [0, 0.05) is 6.04 Å². The van der Waals surface area contributed by atoms with Gasteiger partial charge >= 0.3 is 6.18 Å². The third kappa shape index (κ3) is 5.89. The van der Waals surface area contributed by atoms with Gasteiger partial charge in [-0.2, -0.15) is 13.2 Å². The molecule has 1 fully saturated rings. The first-order chi connectivity index (χ1) is 13.8. The van der Waals surface area contributed by atoms with Crippen molar-refractivity contribution in [2.24, 2.45) is 10.9 Å². The second-order valence-electron chi connectivity index (χ2n) is 7.51. The van der Waals surface area contributed by atoms with E-state index in [-0.39, 0.29) is 18.3 Å². The Morgan fingerprint density at radius 1 is 1.07 bits per heavy atom. The van der Waals surface area contributed by atoms with Gasteiger partial charge in [-0.3, -0.25) is 0 Å². The van der Waals surface area contributed by atoms with Gasteiger partial charge in [0.1, 0.15) is 5.75 Å². The number of hydrogen-bond acceptors (Lipinski definition) is 2. The number of halogens is 3. The molecule has 1 aliphatic carbocycles. The Kier molecular flexibility index (Phi) is 6.67. The molecule has 0 heterocycles. The number of alkyl halides is 3. The van der Waals surface area contributed by atoms with Crippen LogP contribution in [0.25, 0.3) is 0 Å². The number of anilines is 1. The lowest BCUT2D eigenvalue weighted by atomic mass is 9.86. The Balaban J connectivity index is 1.76. The van der Waals surface area contributed by atoms with Gasteiger partial charge in [0.25, 0.3) is 0 Å². The molecule has 0 spiro atoms. The topological polar surface area (TPSA) is 56.7 Å². The second kappa shape index (κ2) is 9.20. The van der Waals surface area contributed by atoms with E-state index < -0.39 is 11.7 Å². The zero-order chi connectivity index (χ0) is 20.9. The summed E-state index contributed by atoms with van der Waals surface area (Å²) in [7, 11) is 0. The van der Waals surface area contributed by atoms with Crippen molar-refractivity contribution in [1.29, 1.82) is 0 Å². The smallest absolute Gasteiger partial charge is 0.416 e. The molecule has 29 heavy (non-hydrogen) atoms. The van der Waals surface area contributed by atoms with E-state index in [2.05, 4.69) is 22.5 Å². The molecule has 0 aromatic heterocycles. The molecule has 0 saturated heterocycles. The van der Waals surface area contributed by atoms with Crippen LogP contribution in [-0.2, 0) is 12.7 Å². The van der Waals surface area contributed by atoms with Crippen molar-refractivity contribution >= 4 is 11.6 Å². The molecule has 2 unspecified atom stereocenters. The molecule has 156 valence electrons. The lowest BCUT2D eigenvalue weighted by molar-refractivity contribution is -0.137. The summed E-state index contributed by atoms with van der Waals surface area (Å²) in [5.74, 6) is 1.10. The number of aromatic hydroxyl groups is 1. The number of phenols is 1. The van der Waals surface area contributed by atoms with E-state index in [1.165, 1.54) is 18.6 Å². The molecular formula is C22H26F3N3O. The van der Waals surface area contributed by atoms with E-state index in [0.717, 1.165) is 31.4 Å². The van der Waals surface area contributed by atoms with Crippen molar-refractivity contribution in [1.82, 2.24) is 5.32 Å². The summed E-state index contributed by atoms with van der Waals surface area (Å²) in [6.45, 7) is 2.42. The lowest BCUT2D eigenvalue weighted by Crippen LogP contribution is -2.44. The van der Waals surface area contributed by atoms with Crippen LogP contribution in [0.15, 0.2) is 53.5 Å². The van der Waals surface area contributed by atoms with E-state index in [9.17, 15) is 18.3 Å². The predicted molar refractivity (Wildman–Crippen MR) is 109 cm³/mol. The number of hydrogen-bond donors (Lipinski definition) is 3. The fraction of sp³-hybridized carbons (Fsp3) is 0.409. The van der Waals surface area contributed by atoms with Crippen molar-refractivity contribution in [2.45, 2.75) is 51.4 Å². The van der Waals surface area contributed by atoms with Gasteiger partial charge in [0.05, 0.1) is 17.8 Å². The molecular weight excluding hydrogens is 379 g/mol. The average Bonchev–Trinajstić information content (AvgIpc) is 2.69. The SMILES string of the molecule is CC1CCCCC1NC(=NCc1ccc(C(F)(F)F)cc1)Nc1ccccc1O. The number of phenolic OH excluding ortho intramolecular Hbond substituents is 1. The third-order valence-corrected chi connectivity index (χ3v) is 5.29. The zero-order valence-electron chi connectivity index (χ0n) is 16.3. The van der Waals surface area contributed by atoms with Crippen molar-refractivity contribution in [3.05, 3.63) is 59.7 Å². The monoisotopic (exact) mass is 405 g/mol. The van der Waals surface area contributed by atoms with Gasteiger partial charge in [-0.1, -0.05) is 44.0 Å². The van der Waals surface area contributed by atoms with Crippen LogP contribution in [0.1, 0.15) is 43.7 Å². The van der Waals surface area contributed by atoms with Crippen LogP contribution < -0.4 is 10.6 Å². The maximum atomic E-state index is 12.7. The van der Waals surface area contributed by atoms with E-state index in [4.69, 9.17) is 0 Å². The average molecular weight is 405 g/mol. The predicted octanol–water partition coefficient (Wildman–Crippen LogP) is 5.55. The maximum Gasteiger partial charge on any atom is 0.416 e. The van der Waals surface area contributed by atoms with Gasteiger partial charge in [0.15, 0.2) is 5.96 Å². The molecule has 2 aromatic carbocycles. The Hall–Kier alpha value is -2.70. The number of rotatable bonds is 4. The standard InChI is InChI=1S/C22H26F3N3O/c1-15-6-2-3-7-18(15)27-21(28-19-8-4-5-9-20(19)29)26-14-16-10-12-17(13-11-16)22(23,24)25/h4-5,8-13,15,18,29H,2-3,6-7,14H2,1H3,(H2,26,27,28). The van der Waals surface area contributed by atoms with Gasteiger partial charge in [-0.15, -0.1) is 0 Å². The van der Waals surface area contributed by atoms with Crippen molar-refractivity contribution < 1.29 is 18.3 Å². The van der Waals surface area contributed by atoms with E-state index in [1.54, 1.807) is 24.3 Å². The van der Waals surface area contributed by atoms with Gasteiger partial charge in [-0.25, -0.2) is 4.99 Å². The molecule has 0 amide bonds. The summed E-state index contributed by atoms with van der Waals surface area (Å²) in [5.41, 5.74) is 0.523. The summed E-state index contributed by atoms with van der Waals surface area (Å²) in [5, 5.41) is 16.6. The summed E-state index contributed by atoms with van der Waals surface area (Å²) in [6.07, 6.45) is 0.177. The highest BCUT2D eigenvalue weighted by molar-refractivity contribution is 5.95. The number of nitrogens with one attached hydrogen (secondary N) is 2. The molecule has 1 saturated carbocycles. The van der Waals surface area contributed by atoms with Crippen LogP contribution in [0.3, 0.4) is 0 Å². The highest BCUT2D eigenvalue weighted by Crippen LogP contribution is 2.29. The van der Waals surface area contributed by atoms with Crippen molar-refractivity contribution in [3.63, 3.8) is 0 Å². The molecule has 3 rings (SSSR count). The highest BCUT2D eigenvalue weighted by Gasteiger charge is 2.30. The normalized spacial score (nSPS) is 20.3. The summed E-state index contributed by atoms with van der Waals surface area (Å²) in [4.78, 5) is 4.55. The highest BCUT2D eigenvalue weighted by atomic mass is 19.4. The first-order valence-electron chi connectivity index (χ1n) is 9.85. The first-order valence-corrected chi connectivity index (χ1v) is 9.85. The number of benzene rings is 2. The van der Waals surface area contributed by atoms with E-state index in [0.29, 0.717) is 23.1 Å². The molecule has 0 aliphatic heterocycles.